The minimum absolute atomic E-state index is 0.130. The Morgan fingerprint density at radius 1 is 1.43 bits per heavy atom. The van der Waals surface area contributed by atoms with Crippen molar-refractivity contribution in [1.82, 2.24) is 9.99 Å². The van der Waals surface area contributed by atoms with Crippen molar-refractivity contribution in [3.8, 4) is 0 Å². The summed E-state index contributed by atoms with van der Waals surface area (Å²) in [7, 11) is -3.87. The van der Waals surface area contributed by atoms with E-state index in [1.165, 1.54) is 16.8 Å². The number of nitrogens with zero attached hydrogens (tertiary/aromatic N) is 3. The van der Waals surface area contributed by atoms with Gasteiger partial charge in [-0.1, -0.05) is 35.1 Å². The van der Waals surface area contributed by atoms with Gasteiger partial charge in [-0.3, -0.25) is 4.79 Å². The molecule has 158 valence electrons. The third-order valence-electron chi connectivity index (χ3n) is 3.77. The summed E-state index contributed by atoms with van der Waals surface area (Å²) in [5.74, 6) is 0.669. The van der Waals surface area contributed by atoms with Crippen molar-refractivity contribution in [3.05, 3.63) is 68.1 Å². The molecule has 3 heterocycles. The van der Waals surface area contributed by atoms with E-state index in [0.717, 1.165) is 22.7 Å². The van der Waals surface area contributed by atoms with Crippen LogP contribution in [0, 0.1) is 13.8 Å². The molecule has 3 rings (SSSR count). The fourth-order valence-electron chi connectivity index (χ4n) is 2.47. The highest BCUT2D eigenvalue weighted by Crippen LogP contribution is 2.21. The number of furan rings is 1. The fourth-order valence-corrected chi connectivity index (χ4v) is 5.91. The first-order valence-corrected chi connectivity index (χ1v) is 12.0. The Hall–Kier alpha value is -2.47. The molecular weight excluding hydrogens is 468 g/mol. The fraction of sp³-hybridized carbons (Fsp3) is 0.167. The Kier molecular flexibility index (Phi) is 6.76. The molecule has 8 nitrogen and oxygen atoms in total. The Labute approximate surface area is 185 Å². The van der Waals surface area contributed by atoms with E-state index in [-0.39, 0.29) is 20.7 Å². The largest absolute Gasteiger partial charge is 0.466 e. The number of hydrogen-bond acceptors (Lipinski definition) is 7. The van der Waals surface area contributed by atoms with Crippen molar-refractivity contribution >= 4 is 56.4 Å². The van der Waals surface area contributed by atoms with Crippen molar-refractivity contribution in [2.75, 3.05) is 0 Å². The van der Waals surface area contributed by atoms with Gasteiger partial charge in [-0.2, -0.15) is 13.5 Å². The number of aromatic nitrogens is 1. The van der Waals surface area contributed by atoms with Crippen molar-refractivity contribution in [2.45, 2.75) is 24.6 Å². The second-order valence-corrected chi connectivity index (χ2v) is 10.1. The van der Waals surface area contributed by atoms with Gasteiger partial charge in [-0.05, 0) is 31.4 Å². The van der Waals surface area contributed by atoms with E-state index < -0.39 is 15.9 Å². The van der Waals surface area contributed by atoms with Gasteiger partial charge in [-0.15, -0.1) is 22.3 Å². The Balaban J connectivity index is 1.91. The van der Waals surface area contributed by atoms with Crippen LogP contribution in [0.2, 0.25) is 5.15 Å². The van der Waals surface area contributed by atoms with E-state index in [9.17, 15) is 13.2 Å². The van der Waals surface area contributed by atoms with Crippen LogP contribution in [0.25, 0.3) is 0 Å². The standard InChI is InChI=1S/C18H17ClN4O4S3/c1-4-7-23-16(19)14(10-20-21-17(24)13-9-11(2)27-12(13)3)29-18(23)22-30(25,26)15-6-5-8-28-15/h4-6,8-10H,1,7H2,2-3H3,(H,21,24). The van der Waals surface area contributed by atoms with Crippen LogP contribution in [-0.2, 0) is 16.6 Å². The lowest BCUT2D eigenvalue weighted by atomic mass is 10.2. The Morgan fingerprint density at radius 2 is 2.20 bits per heavy atom. The second kappa shape index (κ2) is 9.13. The number of hydrazone groups is 1. The van der Waals surface area contributed by atoms with E-state index in [2.05, 4.69) is 21.5 Å². The van der Waals surface area contributed by atoms with Gasteiger partial charge in [0.05, 0.1) is 16.7 Å². The van der Waals surface area contributed by atoms with Gasteiger partial charge in [0.2, 0.25) is 4.80 Å². The van der Waals surface area contributed by atoms with Gasteiger partial charge < -0.3 is 8.98 Å². The highest BCUT2D eigenvalue weighted by molar-refractivity contribution is 7.92. The highest BCUT2D eigenvalue weighted by Gasteiger charge is 2.17. The van der Waals surface area contributed by atoms with Crippen molar-refractivity contribution < 1.29 is 17.6 Å². The van der Waals surface area contributed by atoms with Gasteiger partial charge in [0.1, 0.15) is 20.9 Å². The zero-order valence-corrected chi connectivity index (χ0v) is 19.2. The summed E-state index contributed by atoms with van der Waals surface area (Å²) in [6.45, 7) is 7.34. The molecule has 1 amide bonds. The molecule has 0 aliphatic carbocycles. The van der Waals surface area contributed by atoms with Crippen LogP contribution in [0.3, 0.4) is 0 Å². The summed E-state index contributed by atoms with van der Waals surface area (Å²) in [5, 5.41) is 5.81. The summed E-state index contributed by atoms with van der Waals surface area (Å²) in [6, 6.07) is 4.73. The molecule has 0 aliphatic rings. The smallest absolute Gasteiger partial charge is 0.294 e. The van der Waals surface area contributed by atoms with Crippen LogP contribution in [0.5, 0.6) is 0 Å². The molecule has 0 atom stereocenters. The van der Waals surface area contributed by atoms with Crippen molar-refractivity contribution in [3.63, 3.8) is 0 Å². The molecule has 0 aromatic carbocycles. The van der Waals surface area contributed by atoms with Crippen LogP contribution in [-0.4, -0.2) is 25.1 Å². The number of sulfonamides is 1. The third kappa shape index (κ3) is 4.81. The lowest BCUT2D eigenvalue weighted by molar-refractivity contribution is 0.0953. The first-order valence-electron chi connectivity index (χ1n) is 8.48. The van der Waals surface area contributed by atoms with E-state index in [1.54, 1.807) is 37.4 Å². The summed E-state index contributed by atoms with van der Waals surface area (Å²) in [5.41, 5.74) is 2.78. The molecule has 0 radical (unpaired) electrons. The van der Waals surface area contributed by atoms with Crippen LogP contribution < -0.4 is 10.2 Å². The summed E-state index contributed by atoms with van der Waals surface area (Å²) >= 11 is 8.48. The molecule has 0 bridgehead atoms. The normalized spacial score (nSPS) is 12.6. The summed E-state index contributed by atoms with van der Waals surface area (Å²) < 4.78 is 35.9. The molecule has 0 saturated carbocycles. The maximum atomic E-state index is 12.5. The monoisotopic (exact) mass is 484 g/mol. The zero-order chi connectivity index (χ0) is 21.9. The van der Waals surface area contributed by atoms with Crippen molar-refractivity contribution in [1.29, 1.82) is 0 Å². The van der Waals surface area contributed by atoms with Gasteiger partial charge in [-0.25, -0.2) is 5.43 Å². The number of allylic oxidation sites excluding steroid dienone is 1. The Bertz CT molecular complexity index is 1280. The molecule has 3 aromatic heterocycles. The predicted octanol–water partition coefficient (Wildman–Crippen LogP) is 3.71. The van der Waals surface area contributed by atoms with Crippen LogP contribution in [0.15, 0.2) is 54.4 Å². The maximum Gasteiger partial charge on any atom is 0.294 e. The zero-order valence-electron chi connectivity index (χ0n) is 16.0. The molecular formula is C18H17ClN4O4S3. The van der Waals surface area contributed by atoms with Gasteiger partial charge in [0.25, 0.3) is 15.9 Å². The first-order chi connectivity index (χ1) is 14.2. The highest BCUT2D eigenvalue weighted by atomic mass is 35.5. The number of hydrogen-bond donors (Lipinski definition) is 1. The van der Waals surface area contributed by atoms with E-state index in [1.807, 2.05) is 0 Å². The molecule has 12 heteroatoms. The summed E-state index contributed by atoms with van der Waals surface area (Å²) in [4.78, 5) is 12.8. The van der Waals surface area contributed by atoms with Crippen LogP contribution >= 0.6 is 34.3 Å². The van der Waals surface area contributed by atoms with Gasteiger partial charge >= 0.3 is 0 Å². The lowest BCUT2D eigenvalue weighted by Crippen LogP contribution is -2.17. The number of aryl methyl sites for hydroxylation is 2. The van der Waals surface area contributed by atoms with Crippen LogP contribution in [0.1, 0.15) is 26.8 Å². The molecule has 30 heavy (non-hydrogen) atoms. The van der Waals surface area contributed by atoms with E-state index in [4.69, 9.17) is 16.0 Å². The van der Waals surface area contributed by atoms with E-state index in [0.29, 0.717) is 22.0 Å². The second-order valence-electron chi connectivity index (χ2n) is 5.96. The number of nitrogens with one attached hydrogen (secondary N) is 1. The molecule has 1 N–H and O–H groups in total. The molecule has 3 aromatic rings. The number of thiazole rings is 1. The first kappa shape index (κ1) is 22.2. The average Bonchev–Trinajstić information content (AvgIpc) is 3.39. The van der Waals surface area contributed by atoms with Crippen molar-refractivity contribution in [2.24, 2.45) is 9.50 Å². The Morgan fingerprint density at radius 3 is 2.80 bits per heavy atom. The number of rotatable bonds is 7. The SMILES string of the molecule is C=CCn1c(Cl)c(C=NNC(=O)c2cc(C)oc2C)sc1=NS(=O)(=O)c1cccs1. The molecule has 0 saturated heterocycles. The van der Waals surface area contributed by atoms with Gasteiger partial charge in [0.15, 0.2) is 0 Å². The van der Waals surface area contributed by atoms with Gasteiger partial charge in [0, 0.05) is 6.54 Å². The molecule has 0 fully saturated rings. The van der Waals surface area contributed by atoms with E-state index >= 15 is 0 Å². The van der Waals surface area contributed by atoms with Crippen LogP contribution in [0.4, 0.5) is 0 Å². The molecule has 0 spiro atoms. The number of thiophene rings is 1. The lowest BCUT2D eigenvalue weighted by Gasteiger charge is -2.00. The number of amides is 1. The third-order valence-corrected chi connectivity index (χ3v) is 8.05. The molecule has 0 unspecified atom stereocenters. The minimum Gasteiger partial charge on any atom is -0.466 e. The number of carbonyl (C=O) groups excluding carboxylic acids is 1. The minimum atomic E-state index is -3.87. The molecule has 0 aliphatic heterocycles. The number of carbonyl (C=O) groups is 1. The average molecular weight is 485 g/mol. The topological polar surface area (TPSA) is 106 Å². The number of halogens is 1. The predicted molar refractivity (Wildman–Crippen MR) is 118 cm³/mol. The summed E-state index contributed by atoms with van der Waals surface area (Å²) in [6.07, 6.45) is 2.91. The quantitative estimate of drug-likeness (QED) is 0.313. The maximum absolute atomic E-state index is 12.5.